The molecule has 3 saturated carbocycles. The first-order valence-corrected chi connectivity index (χ1v) is 10.1. The van der Waals surface area contributed by atoms with E-state index in [4.69, 9.17) is 4.74 Å². The van der Waals surface area contributed by atoms with Gasteiger partial charge in [0.25, 0.3) is 5.88 Å². The Morgan fingerprint density at radius 2 is 1.93 bits per heavy atom. The first kappa shape index (κ1) is 19.6. The maximum Gasteiger partial charge on any atom is 0.255 e. The minimum absolute atomic E-state index is 0.0273. The zero-order valence-electron chi connectivity index (χ0n) is 17.2. The Labute approximate surface area is 170 Å². The summed E-state index contributed by atoms with van der Waals surface area (Å²) in [7, 11) is 0. The molecule has 5 rings (SSSR count). The van der Waals surface area contributed by atoms with Crippen LogP contribution in [0.4, 0.5) is 16.0 Å². The van der Waals surface area contributed by atoms with E-state index in [-0.39, 0.29) is 17.2 Å². The van der Waals surface area contributed by atoms with Crippen LogP contribution in [0.2, 0.25) is 0 Å². The molecule has 0 aromatic carbocycles. The van der Waals surface area contributed by atoms with Crippen molar-refractivity contribution >= 4 is 11.6 Å². The second kappa shape index (κ2) is 6.97. The zero-order chi connectivity index (χ0) is 20.7. The molecule has 3 aliphatic carbocycles. The monoisotopic (exact) mass is 398 g/mol. The van der Waals surface area contributed by atoms with Gasteiger partial charge in [0.05, 0.1) is 37.0 Å². The van der Waals surface area contributed by atoms with E-state index < -0.39 is 11.4 Å². The molecule has 29 heavy (non-hydrogen) atoms. The maximum absolute atomic E-state index is 14.2. The van der Waals surface area contributed by atoms with Gasteiger partial charge in [-0.15, -0.1) is 0 Å². The van der Waals surface area contributed by atoms with Crippen molar-refractivity contribution in [3.05, 3.63) is 24.4 Å². The molecule has 3 fully saturated rings. The molecule has 8 heteroatoms. The van der Waals surface area contributed by atoms with Gasteiger partial charge in [-0.1, -0.05) is 6.92 Å². The van der Waals surface area contributed by atoms with E-state index in [9.17, 15) is 9.65 Å². The predicted molar refractivity (Wildman–Crippen MR) is 106 cm³/mol. The average Bonchev–Trinajstić information content (AvgIpc) is 3.19. The molecule has 7 nitrogen and oxygen atoms in total. The average molecular weight is 398 g/mol. The number of hydrogen-bond acceptors (Lipinski definition) is 6. The van der Waals surface area contributed by atoms with Crippen LogP contribution in [0.3, 0.4) is 0 Å². The fourth-order valence-corrected chi connectivity index (χ4v) is 4.28. The van der Waals surface area contributed by atoms with Crippen molar-refractivity contribution in [1.82, 2.24) is 19.7 Å². The maximum atomic E-state index is 14.2. The Balaban J connectivity index is 1.44. The first-order valence-electron chi connectivity index (χ1n) is 10.1. The number of hydrogen-bond donors (Lipinski definition) is 1. The normalized spacial score (nSPS) is 26.2. The second-order valence-electron chi connectivity index (χ2n) is 9.42. The molecule has 2 heterocycles. The van der Waals surface area contributed by atoms with Crippen LogP contribution >= 0.6 is 0 Å². The predicted octanol–water partition coefficient (Wildman–Crippen LogP) is 4.55. The zero-order valence-corrected chi connectivity index (χ0v) is 17.2. The van der Waals surface area contributed by atoms with Gasteiger partial charge in [-0.3, -0.25) is 4.68 Å². The van der Waals surface area contributed by atoms with Crippen molar-refractivity contribution in [1.29, 1.82) is 5.26 Å². The summed E-state index contributed by atoms with van der Waals surface area (Å²) < 4.78 is 21.6. The van der Waals surface area contributed by atoms with Gasteiger partial charge in [0.1, 0.15) is 5.54 Å². The minimum Gasteiger partial charge on any atom is -0.475 e. The minimum atomic E-state index is -0.771. The smallest absolute Gasteiger partial charge is 0.255 e. The summed E-state index contributed by atoms with van der Waals surface area (Å²) in [6.07, 6.45) is 11.4. The molecule has 2 aromatic rings. The van der Waals surface area contributed by atoms with E-state index in [1.807, 2.05) is 0 Å². The highest BCUT2D eigenvalue weighted by atomic mass is 19.1. The number of anilines is 2. The summed E-state index contributed by atoms with van der Waals surface area (Å²) in [4.78, 5) is 8.21. The van der Waals surface area contributed by atoms with Crippen LogP contribution in [-0.2, 0) is 5.54 Å². The number of nitrogens with one attached hydrogen (secondary N) is 1. The van der Waals surface area contributed by atoms with Gasteiger partial charge < -0.3 is 10.1 Å². The van der Waals surface area contributed by atoms with Gasteiger partial charge in [0, 0.05) is 5.41 Å². The van der Waals surface area contributed by atoms with Gasteiger partial charge in [-0.25, -0.2) is 4.98 Å². The van der Waals surface area contributed by atoms with Crippen LogP contribution in [-0.4, -0.2) is 26.4 Å². The Kier molecular flexibility index (Phi) is 4.72. The highest BCUT2D eigenvalue weighted by Gasteiger charge is 2.46. The molecule has 0 unspecified atom stereocenters. The first-order chi connectivity index (χ1) is 13.7. The van der Waals surface area contributed by atoms with Crippen LogP contribution < -0.4 is 10.1 Å². The SMILES string of the molecule is CC12CCC(COc3nc(Nc4cnn(C(C)(C)C#N)c4)ncc3F)(CC1)CC2. The van der Waals surface area contributed by atoms with Crippen molar-refractivity contribution in [2.75, 3.05) is 11.9 Å². The van der Waals surface area contributed by atoms with Gasteiger partial charge in [0.2, 0.25) is 11.8 Å². The summed E-state index contributed by atoms with van der Waals surface area (Å²) in [6, 6.07) is 2.19. The van der Waals surface area contributed by atoms with Crippen LogP contribution in [0.25, 0.3) is 0 Å². The fourth-order valence-electron chi connectivity index (χ4n) is 4.28. The molecule has 3 aliphatic rings. The van der Waals surface area contributed by atoms with Crippen LogP contribution in [0.1, 0.15) is 59.3 Å². The third kappa shape index (κ3) is 3.91. The topological polar surface area (TPSA) is 88.6 Å². The molecule has 0 radical (unpaired) electrons. The number of aromatic nitrogens is 4. The summed E-state index contributed by atoms with van der Waals surface area (Å²) in [5, 5.41) is 16.4. The molecule has 0 amide bonds. The molecule has 1 N–H and O–H groups in total. The summed E-state index contributed by atoms with van der Waals surface area (Å²) in [5.41, 5.74) is 0.479. The van der Waals surface area contributed by atoms with Gasteiger partial charge in [-0.05, 0) is 57.8 Å². The molecule has 2 bridgehead atoms. The molecule has 2 aromatic heterocycles. The number of ether oxygens (including phenoxy) is 1. The van der Waals surface area contributed by atoms with Gasteiger partial charge >= 0.3 is 0 Å². The van der Waals surface area contributed by atoms with E-state index in [0.717, 1.165) is 25.5 Å². The van der Waals surface area contributed by atoms with Crippen LogP contribution in [0.15, 0.2) is 18.6 Å². The summed E-state index contributed by atoms with van der Waals surface area (Å²) >= 11 is 0. The van der Waals surface area contributed by atoms with Gasteiger partial charge in [0.15, 0.2) is 0 Å². The highest BCUT2D eigenvalue weighted by Crippen LogP contribution is 2.56. The Hall–Kier alpha value is -2.69. The molecular weight excluding hydrogens is 371 g/mol. The molecule has 0 saturated heterocycles. The summed E-state index contributed by atoms with van der Waals surface area (Å²) in [5.74, 6) is -0.363. The lowest BCUT2D eigenvalue weighted by molar-refractivity contribution is -0.0281. The van der Waals surface area contributed by atoms with Crippen molar-refractivity contribution in [2.24, 2.45) is 10.8 Å². The van der Waals surface area contributed by atoms with E-state index in [0.29, 0.717) is 17.7 Å². The van der Waals surface area contributed by atoms with E-state index in [1.54, 1.807) is 30.9 Å². The van der Waals surface area contributed by atoms with E-state index in [1.165, 1.54) is 19.3 Å². The molecule has 0 atom stereocenters. The quantitative estimate of drug-likeness (QED) is 0.768. The highest BCUT2D eigenvalue weighted by molar-refractivity contribution is 5.51. The second-order valence-corrected chi connectivity index (χ2v) is 9.42. The lowest BCUT2D eigenvalue weighted by atomic mass is 9.55. The van der Waals surface area contributed by atoms with Crippen LogP contribution in [0.5, 0.6) is 5.88 Å². The lowest BCUT2D eigenvalue weighted by Crippen LogP contribution is -2.43. The Bertz CT molecular complexity index is 922. The van der Waals surface area contributed by atoms with Crippen LogP contribution in [0, 0.1) is 28.0 Å². The molecular formula is C21H27FN6O. The molecule has 154 valence electrons. The van der Waals surface area contributed by atoms with Crippen molar-refractivity contribution in [3.63, 3.8) is 0 Å². The summed E-state index contributed by atoms with van der Waals surface area (Å²) in [6.45, 7) is 6.40. The van der Waals surface area contributed by atoms with E-state index in [2.05, 4.69) is 33.4 Å². The number of halogens is 1. The largest absolute Gasteiger partial charge is 0.475 e. The van der Waals surface area contributed by atoms with Crippen molar-refractivity contribution in [2.45, 2.75) is 64.8 Å². The van der Waals surface area contributed by atoms with E-state index >= 15 is 0 Å². The molecule has 0 aliphatic heterocycles. The standard InChI is InChI=1S/C21H27FN6O/c1-19(2,13-23)28-12-15(10-25-28)26-18-24-11-16(22)17(27-18)29-14-21-7-4-20(3,5-8-21)6-9-21/h10-12H,4-9,14H2,1-3H3,(H,24,26,27). The van der Waals surface area contributed by atoms with Crippen molar-refractivity contribution < 1.29 is 9.13 Å². The number of rotatable bonds is 6. The fraction of sp³-hybridized carbons (Fsp3) is 0.619. The Morgan fingerprint density at radius 3 is 2.59 bits per heavy atom. The molecule has 0 spiro atoms. The van der Waals surface area contributed by atoms with Crippen molar-refractivity contribution in [3.8, 4) is 11.9 Å². The number of nitriles is 1. The lowest BCUT2D eigenvalue weighted by Gasteiger charge is -2.51. The Morgan fingerprint density at radius 1 is 1.24 bits per heavy atom. The van der Waals surface area contributed by atoms with Gasteiger partial charge in [-0.2, -0.15) is 19.7 Å². The number of fused-ring (bicyclic) bond motifs is 3. The third-order valence-corrected chi connectivity index (χ3v) is 6.69. The third-order valence-electron chi connectivity index (χ3n) is 6.69. The number of nitrogens with zero attached hydrogens (tertiary/aromatic N) is 5.